The van der Waals surface area contributed by atoms with E-state index < -0.39 is 0 Å². The summed E-state index contributed by atoms with van der Waals surface area (Å²) in [6.07, 6.45) is 0. The second-order valence-electron chi connectivity index (χ2n) is 7.68. The van der Waals surface area contributed by atoms with Crippen molar-refractivity contribution in [3.05, 3.63) is 106 Å². The fourth-order valence-electron chi connectivity index (χ4n) is 3.46. The highest BCUT2D eigenvalue weighted by atomic mass is 16.5. The Balaban J connectivity index is 1.81. The summed E-state index contributed by atoms with van der Waals surface area (Å²) in [6.45, 7) is 0. The van der Waals surface area contributed by atoms with E-state index in [-0.39, 0.29) is 67.9 Å². The number of hydrogen-bond donors (Lipinski definition) is 0. The minimum absolute atomic E-state index is 0.0804. The number of hydrogen-bond acceptors (Lipinski definition) is 9. The molecular formula is C30H12N6O3. The summed E-state index contributed by atoms with van der Waals surface area (Å²) in [5.41, 5.74) is 0.902. The molecule has 4 rings (SSSR count). The average molecular weight is 504 g/mol. The highest BCUT2D eigenvalue weighted by Gasteiger charge is 2.18. The van der Waals surface area contributed by atoms with Crippen LogP contribution in [0.25, 0.3) is 0 Å². The molecule has 9 nitrogen and oxygen atoms in total. The van der Waals surface area contributed by atoms with E-state index in [0.717, 1.165) is 0 Å². The quantitative estimate of drug-likeness (QED) is 0.292. The van der Waals surface area contributed by atoms with E-state index in [9.17, 15) is 31.6 Å². The fourth-order valence-corrected chi connectivity index (χ4v) is 3.46. The Labute approximate surface area is 222 Å². The summed E-state index contributed by atoms with van der Waals surface area (Å²) in [5.74, 6) is 1.11. The van der Waals surface area contributed by atoms with Crippen molar-refractivity contribution in [2.45, 2.75) is 0 Å². The van der Waals surface area contributed by atoms with Crippen LogP contribution in [-0.4, -0.2) is 0 Å². The number of para-hydroxylation sites is 1. The molecule has 0 unspecified atom stereocenters. The summed E-state index contributed by atoms with van der Waals surface area (Å²) in [4.78, 5) is 0. The molecule has 0 aromatic heterocycles. The molecule has 0 aliphatic rings. The van der Waals surface area contributed by atoms with Crippen LogP contribution in [0.15, 0.2) is 72.8 Å². The third kappa shape index (κ3) is 5.41. The monoisotopic (exact) mass is 504 g/mol. The average Bonchev–Trinajstić information content (AvgIpc) is 2.98. The molecule has 0 saturated heterocycles. The smallest absolute Gasteiger partial charge is 0.212 e. The first kappa shape index (κ1) is 25.3. The molecule has 0 bridgehead atoms. The Bertz CT molecular complexity index is 1780. The van der Waals surface area contributed by atoms with Crippen LogP contribution in [0.3, 0.4) is 0 Å². The fraction of sp³-hybridized carbons (Fsp3) is 0. The van der Waals surface area contributed by atoms with Gasteiger partial charge in [0.25, 0.3) is 0 Å². The van der Waals surface area contributed by atoms with Gasteiger partial charge in [-0.15, -0.1) is 0 Å². The Morgan fingerprint density at radius 3 is 1.05 bits per heavy atom. The van der Waals surface area contributed by atoms with Gasteiger partial charge in [-0.2, -0.15) is 31.6 Å². The van der Waals surface area contributed by atoms with E-state index >= 15 is 0 Å². The maximum absolute atomic E-state index is 9.42. The summed E-state index contributed by atoms with van der Waals surface area (Å²) in [7, 11) is 0. The van der Waals surface area contributed by atoms with Crippen molar-refractivity contribution in [2.75, 3.05) is 0 Å². The molecular weight excluding hydrogens is 492 g/mol. The van der Waals surface area contributed by atoms with Gasteiger partial charge in [0.2, 0.25) is 5.75 Å². The Hall–Kier alpha value is -6.78. The molecule has 0 spiro atoms. The normalized spacial score (nSPS) is 9.38. The second-order valence-corrected chi connectivity index (χ2v) is 7.68. The van der Waals surface area contributed by atoms with E-state index in [4.69, 9.17) is 14.2 Å². The first-order valence-corrected chi connectivity index (χ1v) is 11.0. The SMILES string of the molecule is N#Cc1ccc(Oc2cccc(Oc3ccc(C#N)c(C#N)c3)c2Oc2ccc(C#N)c(C#N)c2)cc1C#N. The molecule has 4 aromatic rings. The van der Waals surface area contributed by atoms with Gasteiger partial charge in [0.15, 0.2) is 11.5 Å². The number of nitrogens with zero attached hydrogens (tertiary/aromatic N) is 6. The van der Waals surface area contributed by atoms with Gasteiger partial charge in [0.05, 0.1) is 33.4 Å². The van der Waals surface area contributed by atoms with Crippen LogP contribution in [0.1, 0.15) is 33.4 Å². The van der Waals surface area contributed by atoms with Crippen LogP contribution >= 0.6 is 0 Å². The predicted octanol–water partition coefficient (Wildman–Crippen LogP) is 6.29. The first-order valence-electron chi connectivity index (χ1n) is 11.0. The third-order valence-electron chi connectivity index (χ3n) is 5.31. The molecule has 0 fully saturated rings. The van der Waals surface area contributed by atoms with Crippen molar-refractivity contribution in [3.8, 4) is 70.9 Å². The Morgan fingerprint density at radius 1 is 0.385 bits per heavy atom. The van der Waals surface area contributed by atoms with Crippen molar-refractivity contribution in [2.24, 2.45) is 0 Å². The molecule has 0 heterocycles. The van der Waals surface area contributed by atoms with Gasteiger partial charge in [-0.25, -0.2) is 0 Å². The zero-order valence-electron chi connectivity index (χ0n) is 19.8. The summed E-state index contributed by atoms with van der Waals surface area (Å²) < 4.78 is 18.1. The molecule has 0 N–H and O–H groups in total. The molecule has 180 valence electrons. The van der Waals surface area contributed by atoms with Gasteiger partial charge < -0.3 is 14.2 Å². The van der Waals surface area contributed by atoms with Gasteiger partial charge in [-0.1, -0.05) is 6.07 Å². The summed E-state index contributed by atoms with van der Waals surface area (Å²) >= 11 is 0. The summed E-state index contributed by atoms with van der Waals surface area (Å²) in [6, 6.07) is 29.6. The third-order valence-corrected chi connectivity index (χ3v) is 5.31. The largest absolute Gasteiger partial charge is 0.453 e. The zero-order valence-corrected chi connectivity index (χ0v) is 19.8. The standard InChI is InChI=1S/C30H12N6O3/c31-13-19-4-7-25(10-22(19)16-34)37-28-2-1-3-29(38-26-8-5-20(14-32)23(11-26)17-35)30(28)39-27-9-6-21(15-33)24(12-27)18-36/h1-12H. The van der Waals surface area contributed by atoms with Gasteiger partial charge >= 0.3 is 0 Å². The Morgan fingerprint density at radius 2 is 0.718 bits per heavy atom. The molecule has 4 aromatic carbocycles. The van der Waals surface area contributed by atoms with Gasteiger partial charge in [0, 0.05) is 0 Å². The minimum Gasteiger partial charge on any atom is -0.453 e. The van der Waals surface area contributed by atoms with Crippen molar-refractivity contribution >= 4 is 0 Å². The molecule has 0 aliphatic carbocycles. The van der Waals surface area contributed by atoms with Crippen LogP contribution in [0.5, 0.6) is 34.5 Å². The van der Waals surface area contributed by atoms with Crippen molar-refractivity contribution in [1.82, 2.24) is 0 Å². The van der Waals surface area contributed by atoms with Gasteiger partial charge in [0.1, 0.15) is 53.7 Å². The maximum Gasteiger partial charge on any atom is 0.212 e. The lowest BCUT2D eigenvalue weighted by Gasteiger charge is -2.17. The van der Waals surface area contributed by atoms with Crippen molar-refractivity contribution in [3.63, 3.8) is 0 Å². The lowest BCUT2D eigenvalue weighted by atomic mass is 10.1. The lowest BCUT2D eigenvalue weighted by Crippen LogP contribution is -1.96. The topological polar surface area (TPSA) is 170 Å². The number of rotatable bonds is 6. The van der Waals surface area contributed by atoms with E-state index in [1.807, 2.05) is 36.4 Å². The van der Waals surface area contributed by atoms with Crippen molar-refractivity contribution < 1.29 is 14.2 Å². The van der Waals surface area contributed by atoms with Crippen LogP contribution < -0.4 is 14.2 Å². The molecule has 0 aliphatic heterocycles. The van der Waals surface area contributed by atoms with Crippen LogP contribution in [0, 0.1) is 68.0 Å². The molecule has 39 heavy (non-hydrogen) atoms. The molecule has 0 atom stereocenters. The molecule has 9 heteroatoms. The predicted molar refractivity (Wildman–Crippen MR) is 134 cm³/mol. The van der Waals surface area contributed by atoms with Crippen LogP contribution in [0.4, 0.5) is 0 Å². The maximum atomic E-state index is 9.42. The van der Waals surface area contributed by atoms with Crippen LogP contribution in [-0.2, 0) is 0 Å². The number of benzene rings is 4. The number of nitriles is 6. The highest BCUT2D eigenvalue weighted by Crippen LogP contribution is 2.44. The van der Waals surface area contributed by atoms with E-state index in [1.165, 1.54) is 54.6 Å². The number of ether oxygens (including phenoxy) is 3. The molecule has 0 amide bonds. The minimum atomic E-state index is 0.0804. The lowest BCUT2D eigenvalue weighted by molar-refractivity contribution is 0.386. The van der Waals surface area contributed by atoms with Gasteiger partial charge in [-0.05, 0) is 66.7 Å². The Kier molecular flexibility index (Phi) is 7.34. The van der Waals surface area contributed by atoms with E-state index in [0.29, 0.717) is 0 Å². The molecule has 0 radical (unpaired) electrons. The van der Waals surface area contributed by atoms with Gasteiger partial charge in [-0.3, -0.25) is 0 Å². The first-order chi connectivity index (χ1) is 19.0. The van der Waals surface area contributed by atoms with Crippen molar-refractivity contribution in [1.29, 1.82) is 31.6 Å². The summed E-state index contributed by atoms with van der Waals surface area (Å²) in [5, 5.41) is 55.8. The highest BCUT2D eigenvalue weighted by molar-refractivity contribution is 5.59. The second kappa shape index (κ2) is 11.3. The zero-order chi connectivity index (χ0) is 27.8. The van der Waals surface area contributed by atoms with E-state index in [1.54, 1.807) is 18.2 Å². The van der Waals surface area contributed by atoms with Crippen LogP contribution in [0.2, 0.25) is 0 Å². The van der Waals surface area contributed by atoms with E-state index in [2.05, 4.69) is 0 Å². The molecule has 0 saturated carbocycles.